The molecule has 0 saturated heterocycles. The summed E-state index contributed by atoms with van der Waals surface area (Å²) in [5.41, 5.74) is -1.93. The zero-order chi connectivity index (χ0) is 29.5. The van der Waals surface area contributed by atoms with Crippen LogP contribution < -0.4 is 5.14 Å². The summed E-state index contributed by atoms with van der Waals surface area (Å²) in [4.78, 5) is 21.4. The quantitative estimate of drug-likeness (QED) is 0.315. The second-order valence-electron chi connectivity index (χ2n) is 10.2. The number of aromatic nitrogens is 2. The zero-order valence-corrected chi connectivity index (χ0v) is 23.9. The van der Waals surface area contributed by atoms with Crippen LogP contribution in [-0.2, 0) is 32.9 Å². The number of hydrogen-bond donors (Lipinski definition) is 2. The molecule has 1 atom stereocenters. The van der Waals surface area contributed by atoms with Crippen molar-refractivity contribution >= 4 is 27.2 Å². The molecular formula is C26H30F4N4O3S2. The predicted molar refractivity (Wildman–Crippen MR) is 142 cm³/mol. The summed E-state index contributed by atoms with van der Waals surface area (Å²) in [6.45, 7) is 9.86. The second-order valence-corrected chi connectivity index (χ2v) is 13.3. The molecule has 0 saturated carbocycles. The van der Waals surface area contributed by atoms with Crippen LogP contribution in [0.5, 0.6) is 0 Å². The molecule has 0 radical (unpaired) electrons. The third kappa shape index (κ3) is 6.89. The van der Waals surface area contributed by atoms with Gasteiger partial charge in [-0.3, -0.25) is 4.79 Å². The number of carbonyl (C=O) groups is 1. The third-order valence-electron chi connectivity index (χ3n) is 5.76. The standard InChI is InChI=1S/C26H30F4N4O3S2/c1-13(2)20-17(11-18(35)34-39(31,37)19-12-32-24(38-19)25(5,6)36)22(14(3)4)33-23(21(20)27)15-8-7-9-16(10-15)26(28,29)30/h7-10,12-14,36H,11H2,1-6H3,(H2,31,34,35,37)/t39-/m1/s1. The number of carbonyl (C=O) groups excluding carboxylic acids is 1. The van der Waals surface area contributed by atoms with Crippen LogP contribution in [0.3, 0.4) is 0 Å². The van der Waals surface area contributed by atoms with Gasteiger partial charge in [0.25, 0.3) is 5.91 Å². The summed E-state index contributed by atoms with van der Waals surface area (Å²) in [5, 5.41) is 16.2. The normalized spacial score (nSPS) is 14.1. The first-order valence-electron chi connectivity index (χ1n) is 12.0. The molecular weight excluding hydrogens is 556 g/mol. The molecule has 1 amide bonds. The summed E-state index contributed by atoms with van der Waals surface area (Å²) >= 11 is 0.856. The summed E-state index contributed by atoms with van der Waals surface area (Å²) in [5.74, 6) is -2.55. The van der Waals surface area contributed by atoms with Gasteiger partial charge in [-0.15, -0.1) is 15.7 Å². The zero-order valence-electron chi connectivity index (χ0n) is 22.3. The minimum atomic E-state index is -4.62. The van der Waals surface area contributed by atoms with E-state index in [9.17, 15) is 27.3 Å². The van der Waals surface area contributed by atoms with Crippen molar-refractivity contribution in [2.24, 2.45) is 9.50 Å². The van der Waals surface area contributed by atoms with E-state index in [1.165, 1.54) is 32.2 Å². The predicted octanol–water partition coefficient (Wildman–Crippen LogP) is 6.31. The number of alkyl halides is 3. The van der Waals surface area contributed by atoms with E-state index in [1.54, 1.807) is 27.7 Å². The largest absolute Gasteiger partial charge is 0.416 e. The van der Waals surface area contributed by atoms with Crippen LogP contribution >= 0.6 is 11.3 Å². The van der Waals surface area contributed by atoms with E-state index in [2.05, 4.69) is 14.3 Å². The minimum Gasteiger partial charge on any atom is -0.383 e. The highest BCUT2D eigenvalue weighted by atomic mass is 32.2. The van der Waals surface area contributed by atoms with Gasteiger partial charge in [-0.1, -0.05) is 39.8 Å². The highest BCUT2D eigenvalue weighted by Crippen LogP contribution is 2.37. The van der Waals surface area contributed by atoms with Gasteiger partial charge in [0.2, 0.25) is 0 Å². The Morgan fingerprint density at radius 3 is 2.33 bits per heavy atom. The molecule has 39 heavy (non-hydrogen) atoms. The van der Waals surface area contributed by atoms with Crippen molar-refractivity contribution in [3.05, 3.63) is 63.7 Å². The molecule has 3 aromatic rings. The van der Waals surface area contributed by atoms with Gasteiger partial charge in [-0.2, -0.15) is 13.2 Å². The van der Waals surface area contributed by atoms with Crippen molar-refractivity contribution in [1.29, 1.82) is 0 Å². The van der Waals surface area contributed by atoms with E-state index >= 15 is 4.39 Å². The Morgan fingerprint density at radius 1 is 1.18 bits per heavy atom. The van der Waals surface area contributed by atoms with Gasteiger partial charge in [0, 0.05) is 11.3 Å². The Hall–Kier alpha value is -2.74. The molecule has 7 nitrogen and oxygen atoms in total. The molecule has 0 fully saturated rings. The van der Waals surface area contributed by atoms with E-state index in [4.69, 9.17) is 5.14 Å². The van der Waals surface area contributed by atoms with Gasteiger partial charge in [-0.25, -0.2) is 23.7 Å². The average Bonchev–Trinajstić information content (AvgIpc) is 3.30. The Labute approximate surface area is 228 Å². The number of nitrogens with two attached hydrogens (primary N) is 1. The van der Waals surface area contributed by atoms with Gasteiger partial charge >= 0.3 is 6.18 Å². The fourth-order valence-electron chi connectivity index (χ4n) is 3.99. The maximum atomic E-state index is 15.9. The van der Waals surface area contributed by atoms with Gasteiger partial charge in [0.05, 0.1) is 18.2 Å². The number of pyridine rings is 1. The highest BCUT2D eigenvalue weighted by Gasteiger charge is 2.32. The molecule has 2 aromatic heterocycles. The van der Waals surface area contributed by atoms with Crippen LogP contribution in [-0.4, -0.2) is 25.2 Å². The number of aliphatic hydroxyl groups is 1. The Morgan fingerprint density at radius 2 is 1.82 bits per heavy atom. The number of nitrogens with zero attached hydrogens (tertiary/aromatic N) is 3. The molecule has 1 aromatic carbocycles. The first kappa shape index (κ1) is 30.8. The lowest BCUT2D eigenvalue weighted by molar-refractivity contribution is -0.137. The Balaban J connectivity index is 2.13. The first-order chi connectivity index (χ1) is 17.8. The lowest BCUT2D eigenvalue weighted by Crippen LogP contribution is -2.18. The van der Waals surface area contributed by atoms with Crippen LogP contribution in [0.25, 0.3) is 11.3 Å². The number of halogens is 4. The first-order valence-corrected chi connectivity index (χ1v) is 14.4. The molecule has 0 spiro atoms. The fourth-order valence-corrected chi connectivity index (χ4v) is 6.13. The number of amides is 1. The molecule has 0 aliphatic carbocycles. The topological polar surface area (TPSA) is 119 Å². The molecule has 3 N–H and O–H groups in total. The smallest absolute Gasteiger partial charge is 0.383 e. The van der Waals surface area contributed by atoms with Gasteiger partial charge < -0.3 is 5.11 Å². The van der Waals surface area contributed by atoms with Crippen LogP contribution in [0.15, 0.2) is 39.0 Å². The SMILES string of the molecule is CC(C)c1nc(-c2cccc(C(F)(F)F)c2)c(F)c(C(C)C)c1CC(=O)N=[S@@](N)(=O)c1cnc(C(C)(C)O)s1. The summed E-state index contributed by atoms with van der Waals surface area (Å²) in [7, 11) is -3.72. The van der Waals surface area contributed by atoms with E-state index < -0.39 is 51.3 Å². The van der Waals surface area contributed by atoms with Crippen molar-refractivity contribution in [1.82, 2.24) is 9.97 Å². The van der Waals surface area contributed by atoms with Crippen molar-refractivity contribution < 1.29 is 31.7 Å². The van der Waals surface area contributed by atoms with E-state index in [1.807, 2.05) is 0 Å². The molecule has 0 unspecified atom stereocenters. The molecule has 212 valence electrons. The monoisotopic (exact) mass is 586 g/mol. The number of benzene rings is 1. The van der Waals surface area contributed by atoms with Gasteiger partial charge in [-0.05, 0) is 48.9 Å². The van der Waals surface area contributed by atoms with Crippen molar-refractivity contribution in [3.63, 3.8) is 0 Å². The van der Waals surface area contributed by atoms with Gasteiger partial charge in [0.15, 0.2) is 15.7 Å². The Bertz CT molecular complexity index is 1520. The van der Waals surface area contributed by atoms with E-state index in [0.717, 1.165) is 23.5 Å². The summed E-state index contributed by atoms with van der Waals surface area (Å²) in [6, 6.07) is 4.25. The van der Waals surface area contributed by atoms with Crippen molar-refractivity contribution in [3.8, 4) is 11.3 Å². The third-order valence-corrected chi connectivity index (χ3v) is 8.99. The van der Waals surface area contributed by atoms with Crippen LogP contribution in [0.1, 0.15) is 80.8 Å². The van der Waals surface area contributed by atoms with Crippen LogP contribution in [0.2, 0.25) is 0 Å². The van der Waals surface area contributed by atoms with Crippen molar-refractivity contribution in [2.45, 2.75) is 75.8 Å². The Kier molecular flexibility index (Phi) is 8.71. The molecule has 0 aliphatic rings. The highest BCUT2D eigenvalue weighted by molar-refractivity contribution is 7.93. The summed E-state index contributed by atoms with van der Waals surface area (Å²) in [6.07, 6.45) is -3.91. The van der Waals surface area contributed by atoms with Crippen LogP contribution in [0.4, 0.5) is 17.6 Å². The second kappa shape index (κ2) is 11.0. The minimum absolute atomic E-state index is 0.00894. The fraction of sp³-hybridized carbons (Fsp3) is 0.423. The van der Waals surface area contributed by atoms with Crippen LogP contribution in [0, 0.1) is 5.82 Å². The molecule has 0 bridgehead atoms. The molecule has 3 rings (SSSR count). The lowest BCUT2D eigenvalue weighted by Gasteiger charge is -2.21. The maximum absolute atomic E-state index is 15.9. The lowest BCUT2D eigenvalue weighted by atomic mass is 9.88. The maximum Gasteiger partial charge on any atom is 0.416 e. The van der Waals surface area contributed by atoms with E-state index in [0.29, 0.717) is 5.69 Å². The van der Waals surface area contributed by atoms with E-state index in [-0.39, 0.29) is 37.5 Å². The number of thiazole rings is 1. The van der Waals surface area contributed by atoms with Gasteiger partial charge in [0.1, 0.15) is 20.5 Å². The molecule has 2 heterocycles. The molecule has 13 heteroatoms. The summed E-state index contributed by atoms with van der Waals surface area (Å²) < 4.78 is 72.6. The van der Waals surface area contributed by atoms with Crippen molar-refractivity contribution in [2.75, 3.05) is 0 Å². The molecule has 0 aliphatic heterocycles. The number of rotatable bonds is 7. The number of hydrogen-bond acceptors (Lipinski definition) is 6. The average molecular weight is 587 g/mol.